The van der Waals surface area contributed by atoms with E-state index in [0.717, 1.165) is 5.69 Å². The van der Waals surface area contributed by atoms with Crippen LogP contribution in [-0.2, 0) is 9.84 Å². The Morgan fingerprint density at radius 2 is 1.63 bits per heavy atom. The van der Waals surface area contributed by atoms with Gasteiger partial charge in [0.25, 0.3) is 0 Å². The summed E-state index contributed by atoms with van der Waals surface area (Å²) in [6.45, 7) is 0. The molecule has 4 rings (SSSR count). The number of methoxy groups -OCH3 is 2. The fourth-order valence-corrected chi connectivity index (χ4v) is 6.25. The van der Waals surface area contributed by atoms with Gasteiger partial charge in [-0.05, 0) is 36.5 Å². The number of nitrogens with zero attached hydrogens (tertiary/aromatic N) is 2. The molecule has 0 unspecified atom stereocenters. The van der Waals surface area contributed by atoms with Crippen LogP contribution in [0.5, 0.6) is 11.5 Å². The molecule has 2 aliphatic rings. The molecule has 0 aromatic heterocycles. The van der Waals surface area contributed by atoms with Crippen LogP contribution >= 0.6 is 12.2 Å². The van der Waals surface area contributed by atoms with Gasteiger partial charge in [-0.15, -0.1) is 0 Å². The lowest BCUT2D eigenvalue weighted by molar-refractivity contribution is 0.403. The molecule has 0 amide bonds. The second kappa shape index (κ2) is 6.69. The largest absolute Gasteiger partial charge is 0.497 e. The Morgan fingerprint density at radius 3 is 2.26 bits per heavy atom. The summed E-state index contributed by atoms with van der Waals surface area (Å²) in [5.74, 6) is 1.41. The quantitative estimate of drug-likeness (QED) is 0.726. The summed E-state index contributed by atoms with van der Waals surface area (Å²) >= 11 is 5.80. The molecule has 8 heteroatoms. The molecule has 0 spiro atoms. The Kier molecular flexibility index (Phi) is 4.47. The lowest BCUT2D eigenvalue weighted by Gasteiger charge is -2.27. The van der Waals surface area contributed by atoms with E-state index in [0.29, 0.717) is 22.3 Å². The van der Waals surface area contributed by atoms with Gasteiger partial charge in [0, 0.05) is 11.8 Å². The van der Waals surface area contributed by atoms with Crippen molar-refractivity contribution in [3.05, 3.63) is 48.5 Å². The van der Waals surface area contributed by atoms with Gasteiger partial charge < -0.3 is 19.3 Å². The van der Waals surface area contributed by atoms with Crippen LogP contribution in [0, 0.1) is 0 Å². The standard InChI is InChI=1S/C19H20N2O4S2/c1-24-14-8-9-18(25-2)15(10-14)21-17-12-27(22,23)11-16(17)20(19(21)26)13-6-4-3-5-7-13/h3-10,16-17H,11-12H2,1-2H3/t16-,17-/m0/s1. The summed E-state index contributed by atoms with van der Waals surface area (Å²) in [6.07, 6.45) is 0. The van der Waals surface area contributed by atoms with Crippen molar-refractivity contribution in [3.8, 4) is 11.5 Å². The van der Waals surface area contributed by atoms with Crippen LogP contribution in [0.25, 0.3) is 0 Å². The summed E-state index contributed by atoms with van der Waals surface area (Å²) < 4.78 is 35.7. The maximum Gasteiger partial charge on any atom is 0.181 e. The second-order valence-electron chi connectivity index (χ2n) is 6.61. The van der Waals surface area contributed by atoms with Crippen LogP contribution in [0.1, 0.15) is 0 Å². The number of ether oxygens (including phenoxy) is 2. The van der Waals surface area contributed by atoms with E-state index < -0.39 is 9.84 Å². The minimum atomic E-state index is -3.16. The summed E-state index contributed by atoms with van der Waals surface area (Å²) in [5.41, 5.74) is 1.60. The number of hydrogen-bond donors (Lipinski definition) is 0. The van der Waals surface area contributed by atoms with Crippen molar-refractivity contribution in [2.24, 2.45) is 0 Å². The lowest BCUT2D eigenvalue weighted by Crippen LogP contribution is -2.37. The van der Waals surface area contributed by atoms with Gasteiger partial charge in [-0.2, -0.15) is 0 Å². The normalized spacial score (nSPS) is 23.4. The minimum Gasteiger partial charge on any atom is -0.497 e. The van der Waals surface area contributed by atoms with Crippen LogP contribution < -0.4 is 19.3 Å². The Balaban J connectivity index is 1.85. The highest BCUT2D eigenvalue weighted by atomic mass is 32.2. The molecule has 2 heterocycles. The number of benzene rings is 2. The summed E-state index contributed by atoms with van der Waals surface area (Å²) in [4.78, 5) is 3.85. The van der Waals surface area contributed by atoms with Gasteiger partial charge in [0.2, 0.25) is 0 Å². The molecule has 2 aromatic rings. The Morgan fingerprint density at radius 1 is 0.963 bits per heavy atom. The number of fused-ring (bicyclic) bond motifs is 1. The third-order valence-corrected chi connectivity index (χ3v) is 7.14. The zero-order valence-corrected chi connectivity index (χ0v) is 16.7. The van der Waals surface area contributed by atoms with Crippen molar-refractivity contribution in [1.82, 2.24) is 0 Å². The zero-order chi connectivity index (χ0) is 19.2. The highest BCUT2D eigenvalue weighted by molar-refractivity contribution is 7.91. The van der Waals surface area contributed by atoms with Gasteiger partial charge in [-0.1, -0.05) is 18.2 Å². The monoisotopic (exact) mass is 404 g/mol. The van der Waals surface area contributed by atoms with Crippen LogP contribution in [0.15, 0.2) is 48.5 Å². The van der Waals surface area contributed by atoms with Crippen LogP contribution in [0.2, 0.25) is 0 Å². The lowest BCUT2D eigenvalue weighted by atomic mass is 10.1. The fraction of sp³-hybridized carbons (Fsp3) is 0.316. The molecular formula is C19H20N2O4S2. The molecule has 2 aliphatic heterocycles. The molecular weight excluding hydrogens is 384 g/mol. The van der Waals surface area contributed by atoms with E-state index in [-0.39, 0.29) is 23.6 Å². The summed E-state index contributed by atoms with van der Waals surface area (Å²) in [6, 6.07) is 14.6. The first-order chi connectivity index (χ1) is 12.9. The predicted molar refractivity (Wildman–Crippen MR) is 110 cm³/mol. The van der Waals surface area contributed by atoms with Gasteiger partial charge in [0.05, 0.1) is 43.5 Å². The van der Waals surface area contributed by atoms with E-state index in [9.17, 15) is 8.42 Å². The van der Waals surface area contributed by atoms with Crippen molar-refractivity contribution < 1.29 is 17.9 Å². The Labute approximate surface area is 164 Å². The molecule has 2 aromatic carbocycles. The topological polar surface area (TPSA) is 59.1 Å². The number of sulfone groups is 1. The number of para-hydroxylation sites is 1. The van der Waals surface area contributed by atoms with E-state index >= 15 is 0 Å². The van der Waals surface area contributed by atoms with Gasteiger partial charge in [0.1, 0.15) is 11.5 Å². The van der Waals surface area contributed by atoms with Gasteiger partial charge in [-0.25, -0.2) is 8.42 Å². The summed E-state index contributed by atoms with van der Waals surface area (Å²) in [7, 11) is 0.0148. The van der Waals surface area contributed by atoms with E-state index in [1.807, 2.05) is 46.2 Å². The summed E-state index contributed by atoms with van der Waals surface area (Å²) in [5, 5.41) is 0.567. The minimum absolute atomic E-state index is 0.0570. The molecule has 0 N–H and O–H groups in total. The Hall–Kier alpha value is -2.32. The first kappa shape index (κ1) is 18.1. The van der Waals surface area contributed by atoms with E-state index in [1.54, 1.807) is 26.4 Å². The van der Waals surface area contributed by atoms with Crippen molar-refractivity contribution in [2.75, 3.05) is 35.5 Å². The predicted octanol–water partition coefficient (Wildman–Crippen LogP) is 2.48. The highest BCUT2D eigenvalue weighted by Gasteiger charge is 2.53. The molecule has 27 heavy (non-hydrogen) atoms. The molecule has 142 valence electrons. The fourth-order valence-electron chi connectivity index (χ4n) is 3.86. The first-order valence-electron chi connectivity index (χ1n) is 8.55. The smallest absolute Gasteiger partial charge is 0.181 e. The molecule has 0 aliphatic carbocycles. The molecule has 6 nitrogen and oxygen atoms in total. The average molecular weight is 405 g/mol. The number of rotatable bonds is 4. The maximum absolute atomic E-state index is 12.4. The molecule has 2 atom stereocenters. The van der Waals surface area contributed by atoms with E-state index in [1.165, 1.54) is 0 Å². The maximum atomic E-state index is 12.4. The van der Waals surface area contributed by atoms with Gasteiger partial charge in [-0.3, -0.25) is 0 Å². The highest BCUT2D eigenvalue weighted by Crippen LogP contribution is 2.42. The van der Waals surface area contributed by atoms with Crippen LogP contribution in [0.3, 0.4) is 0 Å². The van der Waals surface area contributed by atoms with Crippen LogP contribution in [-0.4, -0.2) is 51.3 Å². The van der Waals surface area contributed by atoms with Gasteiger partial charge >= 0.3 is 0 Å². The third-order valence-electron chi connectivity index (χ3n) is 5.05. The number of thiocarbonyl (C=S) groups is 1. The third kappa shape index (κ3) is 3.02. The zero-order valence-electron chi connectivity index (χ0n) is 15.0. The van der Waals surface area contributed by atoms with Gasteiger partial charge in [0.15, 0.2) is 14.9 Å². The Bertz CT molecular complexity index is 978. The molecule has 2 fully saturated rings. The van der Waals surface area contributed by atoms with Crippen molar-refractivity contribution in [3.63, 3.8) is 0 Å². The second-order valence-corrected chi connectivity index (χ2v) is 9.13. The average Bonchev–Trinajstić information content (AvgIpc) is 3.10. The van der Waals surface area contributed by atoms with Crippen molar-refractivity contribution in [1.29, 1.82) is 0 Å². The van der Waals surface area contributed by atoms with Crippen LogP contribution in [0.4, 0.5) is 11.4 Å². The molecule has 0 radical (unpaired) electrons. The number of hydrogen-bond acceptors (Lipinski definition) is 5. The van der Waals surface area contributed by atoms with Crippen molar-refractivity contribution in [2.45, 2.75) is 12.1 Å². The van der Waals surface area contributed by atoms with Crippen molar-refractivity contribution >= 4 is 38.5 Å². The SMILES string of the molecule is COc1ccc(OC)c(N2C(=S)N(c3ccccc3)[C@H]3CS(=O)(=O)C[C@@H]32)c1. The molecule has 2 saturated heterocycles. The van der Waals surface area contributed by atoms with E-state index in [2.05, 4.69) is 0 Å². The van der Waals surface area contributed by atoms with E-state index in [4.69, 9.17) is 21.7 Å². The molecule has 0 saturated carbocycles. The molecule has 0 bridgehead atoms. The first-order valence-corrected chi connectivity index (χ1v) is 10.8. The number of anilines is 2.